The minimum absolute atomic E-state index is 0.0808. The van der Waals surface area contributed by atoms with Crippen molar-refractivity contribution in [3.8, 4) is 0 Å². The van der Waals surface area contributed by atoms with Crippen molar-refractivity contribution in [2.24, 2.45) is 0 Å². The highest BCUT2D eigenvalue weighted by molar-refractivity contribution is 8.00. The summed E-state index contributed by atoms with van der Waals surface area (Å²) in [5.41, 5.74) is 9.32. The Morgan fingerprint density at radius 3 is 3.00 bits per heavy atom. The molecule has 0 aliphatic heterocycles. The van der Waals surface area contributed by atoms with Crippen molar-refractivity contribution in [2.75, 3.05) is 18.0 Å². The number of hydrogen-bond donors (Lipinski definition) is 2. The van der Waals surface area contributed by atoms with E-state index >= 15 is 0 Å². The second kappa shape index (κ2) is 8.13. The Morgan fingerprint density at radius 1 is 1.38 bits per heavy atom. The van der Waals surface area contributed by atoms with Gasteiger partial charge in [0.15, 0.2) is 0 Å². The second-order valence-electron chi connectivity index (χ2n) is 5.54. The number of allylic oxidation sites excluding steroid dienone is 1. The van der Waals surface area contributed by atoms with Crippen molar-refractivity contribution < 1.29 is 4.79 Å². The smallest absolute Gasteiger partial charge is 0.230 e. The summed E-state index contributed by atoms with van der Waals surface area (Å²) in [6, 6.07) is 5.91. The first-order valence-corrected chi connectivity index (χ1v) is 8.57. The highest BCUT2D eigenvalue weighted by Gasteiger charge is 2.07. The van der Waals surface area contributed by atoms with Crippen LogP contribution in [-0.2, 0) is 4.79 Å². The predicted molar refractivity (Wildman–Crippen MR) is 90.5 cm³/mol. The fraction of sp³-hybridized carbons (Fsp3) is 0.471. The maximum absolute atomic E-state index is 11.9. The number of carbonyl (C=O) groups excluding carboxylic acids is 1. The van der Waals surface area contributed by atoms with E-state index in [1.807, 2.05) is 25.1 Å². The van der Waals surface area contributed by atoms with Crippen LogP contribution in [0.4, 0.5) is 5.69 Å². The molecule has 0 unspecified atom stereocenters. The van der Waals surface area contributed by atoms with Crippen molar-refractivity contribution in [2.45, 2.75) is 43.9 Å². The molecule has 1 aromatic carbocycles. The fourth-order valence-corrected chi connectivity index (χ4v) is 3.35. The number of nitrogens with two attached hydrogens (primary N) is 1. The van der Waals surface area contributed by atoms with Crippen LogP contribution in [0.1, 0.15) is 37.7 Å². The molecular weight excluding hydrogens is 280 g/mol. The molecule has 1 aromatic rings. The number of aryl methyl sites for hydroxylation is 1. The number of amides is 1. The highest BCUT2D eigenvalue weighted by atomic mass is 32.2. The molecule has 2 rings (SSSR count). The number of rotatable bonds is 6. The van der Waals surface area contributed by atoms with Gasteiger partial charge < -0.3 is 11.1 Å². The van der Waals surface area contributed by atoms with Crippen molar-refractivity contribution >= 4 is 23.4 Å². The van der Waals surface area contributed by atoms with Gasteiger partial charge in [-0.05, 0) is 56.7 Å². The molecule has 1 aliphatic rings. The minimum atomic E-state index is 0.0808. The number of hydrogen-bond acceptors (Lipinski definition) is 3. The van der Waals surface area contributed by atoms with E-state index in [4.69, 9.17) is 5.73 Å². The molecule has 0 aromatic heterocycles. The average molecular weight is 304 g/mol. The summed E-state index contributed by atoms with van der Waals surface area (Å²) < 4.78 is 0. The van der Waals surface area contributed by atoms with Crippen molar-refractivity contribution in [3.63, 3.8) is 0 Å². The van der Waals surface area contributed by atoms with Gasteiger partial charge in [-0.25, -0.2) is 0 Å². The molecule has 0 fully saturated rings. The van der Waals surface area contributed by atoms with Crippen LogP contribution in [0.3, 0.4) is 0 Å². The quantitative estimate of drug-likeness (QED) is 0.479. The molecule has 0 saturated heterocycles. The molecule has 3 N–H and O–H groups in total. The molecule has 114 valence electrons. The monoisotopic (exact) mass is 304 g/mol. The molecule has 0 radical (unpaired) electrons. The van der Waals surface area contributed by atoms with Gasteiger partial charge in [0.25, 0.3) is 0 Å². The average Bonchev–Trinajstić information content (AvgIpc) is 2.49. The van der Waals surface area contributed by atoms with Gasteiger partial charge in [-0.15, -0.1) is 11.8 Å². The first-order chi connectivity index (χ1) is 10.1. The zero-order chi connectivity index (χ0) is 15.1. The second-order valence-corrected chi connectivity index (χ2v) is 6.56. The molecule has 21 heavy (non-hydrogen) atoms. The summed E-state index contributed by atoms with van der Waals surface area (Å²) in [7, 11) is 0. The molecule has 1 amide bonds. The van der Waals surface area contributed by atoms with Gasteiger partial charge in [-0.1, -0.05) is 17.7 Å². The number of benzene rings is 1. The van der Waals surface area contributed by atoms with E-state index in [0.29, 0.717) is 5.75 Å². The van der Waals surface area contributed by atoms with Crippen LogP contribution >= 0.6 is 11.8 Å². The van der Waals surface area contributed by atoms with Crippen LogP contribution < -0.4 is 11.1 Å². The molecule has 0 bridgehead atoms. The number of nitrogens with one attached hydrogen (secondary N) is 1. The van der Waals surface area contributed by atoms with E-state index in [0.717, 1.165) is 29.1 Å². The van der Waals surface area contributed by atoms with E-state index in [1.54, 1.807) is 0 Å². The summed E-state index contributed by atoms with van der Waals surface area (Å²) >= 11 is 1.50. The normalized spacial score (nSPS) is 14.6. The Labute approximate surface area is 131 Å². The van der Waals surface area contributed by atoms with E-state index in [9.17, 15) is 4.79 Å². The lowest BCUT2D eigenvalue weighted by atomic mass is 9.97. The molecule has 4 heteroatoms. The van der Waals surface area contributed by atoms with E-state index < -0.39 is 0 Å². The number of thioether (sulfide) groups is 1. The zero-order valence-corrected chi connectivity index (χ0v) is 13.5. The van der Waals surface area contributed by atoms with E-state index in [1.165, 1.54) is 43.0 Å². The molecule has 0 saturated carbocycles. The van der Waals surface area contributed by atoms with Crippen LogP contribution in [0.2, 0.25) is 0 Å². The molecule has 1 aliphatic carbocycles. The maximum Gasteiger partial charge on any atom is 0.230 e. The van der Waals surface area contributed by atoms with Gasteiger partial charge in [-0.3, -0.25) is 4.79 Å². The van der Waals surface area contributed by atoms with Crippen molar-refractivity contribution in [3.05, 3.63) is 35.4 Å². The first-order valence-electron chi connectivity index (χ1n) is 7.58. The summed E-state index contributed by atoms with van der Waals surface area (Å²) in [6.07, 6.45) is 8.32. The SMILES string of the molecule is Cc1ccc(N)c(SCC(=O)NCCC2=CCCCC2)c1. The fourth-order valence-electron chi connectivity index (χ4n) is 2.46. The van der Waals surface area contributed by atoms with E-state index in [2.05, 4.69) is 11.4 Å². The number of nitrogen functional groups attached to an aromatic ring is 1. The lowest BCUT2D eigenvalue weighted by Gasteiger charge is -2.13. The third-order valence-electron chi connectivity index (χ3n) is 3.68. The summed E-state index contributed by atoms with van der Waals surface area (Å²) in [4.78, 5) is 12.8. The largest absolute Gasteiger partial charge is 0.398 e. The molecule has 0 atom stereocenters. The first kappa shape index (κ1) is 16.0. The van der Waals surface area contributed by atoms with E-state index in [-0.39, 0.29) is 5.91 Å². The maximum atomic E-state index is 11.9. The number of anilines is 1. The molecule has 0 spiro atoms. The summed E-state index contributed by atoms with van der Waals surface area (Å²) in [5.74, 6) is 0.504. The molecule has 0 heterocycles. The summed E-state index contributed by atoms with van der Waals surface area (Å²) in [5, 5.41) is 2.99. The third-order valence-corrected chi connectivity index (χ3v) is 4.75. The topological polar surface area (TPSA) is 55.1 Å². The molecule has 3 nitrogen and oxygen atoms in total. The lowest BCUT2D eigenvalue weighted by molar-refractivity contribution is -0.118. The Hall–Kier alpha value is -1.42. The van der Waals surface area contributed by atoms with Gasteiger partial charge in [0.05, 0.1) is 5.75 Å². The molecular formula is C17H24N2OS. The van der Waals surface area contributed by atoms with Gasteiger partial charge >= 0.3 is 0 Å². The lowest BCUT2D eigenvalue weighted by Crippen LogP contribution is -2.26. The Kier molecular flexibility index (Phi) is 6.18. The van der Waals surface area contributed by atoms with Crippen LogP contribution in [0.25, 0.3) is 0 Å². The number of carbonyl (C=O) groups is 1. The van der Waals surface area contributed by atoms with Crippen LogP contribution in [0, 0.1) is 6.92 Å². The Bertz CT molecular complexity index is 526. The highest BCUT2D eigenvalue weighted by Crippen LogP contribution is 2.25. The summed E-state index contributed by atoms with van der Waals surface area (Å²) in [6.45, 7) is 2.77. The zero-order valence-electron chi connectivity index (χ0n) is 12.7. The standard InChI is InChI=1S/C17H24N2OS/c1-13-7-8-15(18)16(11-13)21-12-17(20)19-10-9-14-5-3-2-4-6-14/h5,7-8,11H,2-4,6,9-10,12,18H2,1H3,(H,19,20). The van der Waals surface area contributed by atoms with Gasteiger partial charge in [0.1, 0.15) is 0 Å². The van der Waals surface area contributed by atoms with Gasteiger partial charge in [-0.2, -0.15) is 0 Å². The van der Waals surface area contributed by atoms with Gasteiger partial charge in [0, 0.05) is 17.1 Å². The minimum Gasteiger partial charge on any atom is -0.398 e. The predicted octanol–water partition coefficient (Wildman–Crippen LogP) is 3.68. The van der Waals surface area contributed by atoms with Gasteiger partial charge in [0.2, 0.25) is 5.91 Å². The Morgan fingerprint density at radius 2 is 2.24 bits per heavy atom. The van der Waals surface area contributed by atoms with Crippen molar-refractivity contribution in [1.82, 2.24) is 5.32 Å². The van der Waals surface area contributed by atoms with Crippen molar-refractivity contribution in [1.29, 1.82) is 0 Å². The Balaban J connectivity index is 1.69. The third kappa shape index (κ3) is 5.46. The van der Waals surface area contributed by atoms with Crippen LogP contribution in [0.5, 0.6) is 0 Å². The van der Waals surface area contributed by atoms with Crippen LogP contribution in [0.15, 0.2) is 34.7 Å². The van der Waals surface area contributed by atoms with Crippen LogP contribution in [-0.4, -0.2) is 18.2 Å².